The number of aldehydes is 1. The highest BCUT2D eigenvalue weighted by atomic mass is 16.2. The molecule has 2 amide bonds. The number of benzene rings is 1. The van der Waals surface area contributed by atoms with E-state index < -0.39 is 11.8 Å². The number of piperazine rings is 1. The number of carbonyl (C=O) groups is 3. The van der Waals surface area contributed by atoms with Gasteiger partial charge in [0.2, 0.25) is 0 Å². The molecule has 1 aliphatic heterocycles. The summed E-state index contributed by atoms with van der Waals surface area (Å²) in [5, 5.41) is 2.52. The number of rotatable bonds is 4. The van der Waals surface area contributed by atoms with E-state index in [1.165, 1.54) is 4.90 Å². The molecule has 1 atom stereocenters. The van der Waals surface area contributed by atoms with E-state index in [1.54, 1.807) is 0 Å². The van der Waals surface area contributed by atoms with Crippen molar-refractivity contribution in [1.82, 2.24) is 5.32 Å². The smallest absolute Gasteiger partial charge is 0.316 e. The highest BCUT2D eigenvalue weighted by molar-refractivity contribution is 6.41. The topological polar surface area (TPSA) is 66.5 Å². The number of nitrogens with one attached hydrogen (secondary N) is 1. The molecule has 1 aromatic carbocycles. The average Bonchev–Trinajstić information content (AvgIpc) is 2.42. The van der Waals surface area contributed by atoms with Crippen molar-refractivity contribution < 1.29 is 14.4 Å². The van der Waals surface area contributed by atoms with E-state index in [4.69, 9.17) is 0 Å². The Kier molecular flexibility index (Phi) is 3.94. The van der Waals surface area contributed by atoms with Gasteiger partial charge in [-0.3, -0.25) is 9.59 Å². The zero-order chi connectivity index (χ0) is 13.8. The van der Waals surface area contributed by atoms with E-state index in [-0.39, 0.29) is 5.92 Å². The SMILES string of the molecule is CC(CC=O)c1ccccc1N1CCNC(=O)C1=O. The van der Waals surface area contributed by atoms with Crippen LogP contribution < -0.4 is 10.2 Å². The van der Waals surface area contributed by atoms with Gasteiger partial charge in [0.1, 0.15) is 6.29 Å². The Morgan fingerprint density at radius 2 is 2.11 bits per heavy atom. The van der Waals surface area contributed by atoms with Gasteiger partial charge in [0.05, 0.1) is 0 Å². The van der Waals surface area contributed by atoms with Crippen LogP contribution in [0.4, 0.5) is 5.69 Å². The monoisotopic (exact) mass is 260 g/mol. The second-order valence-corrected chi connectivity index (χ2v) is 4.57. The van der Waals surface area contributed by atoms with Gasteiger partial charge in [-0.15, -0.1) is 0 Å². The summed E-state index contributed by atoms with van der Waals surface area (Å²) in [6, 6.07) is 7.40. The molecule has 100 valence electrons. The second-order valence-electron chi connectivity index (χ2n) is 4.57. The maximum atomic E-state index is 11.9. The maximum Gasteiger partial charge on any atom is 0.316 e. The number of amides is 2. The van der Waals surface area contributed by atoms with Crippen molar-refractivity contribution in [2.75, 3.05) is 18.0 Å². The van der Waals surface area contributed by atoms with Gasteiger partial charge in [-0.2, -0.15) is 0 Å². The Morgan fingerprint density at radius 1 is 1.37 bits per heavy atom. The third-order valence-electron chi connectivity index (χ3n) is 3.27. The lowest BCUT2D eigenvalue weighted by atomic mass is 9.96. The third kappa shape index (κ3) is 2.65. The fourth-order valence-corrected chi connectivity index (χ4v) is 2.23. The largest absolute Gasteiger partial charge is 0.346 e. The van der Waals surface area contributed by atoms with Gasteiger partial charge in [-0.25, -0.2) is 0 Å². The highest BCUT2D eigenvalue weighted by Gasteiger charge is 2.29. The van der Waals surface area contributed by atoms with Gasteiger partial charge in [-0.05, 0) is 17.5 Å². The van der Waals surface area contributed by atoms with Crippen LogP contribution in [0.15, 0.2) is 24.3 Å². The molecule has 0 aliphatic carbocycles. The summed E-state index contributed by atoms with van der Waals surface area (Å²) in [5.74, 6) is -1.10. The van der Waals surface area contributed by atoms with Crippen molar-refractivity contribution in [2.24, 2.45) is 0 Å². The molecular formula is C14H16N2O3. The molecule has 0 radical (unpaired) electrons. The molecule has 0 saturated carbocycles. The molecule has 0 aromatic heterocycles. The molecule has 5 nitrogen and oxygen atoms in total. The number of para-hydroxylation sites is 1. The first-order chi connectivity index (χ1) is 9.15. The van der Waals surface area contributed by atoms with Gasteiger partial charge >= 0.3 is 11.8 Å². The fourth-order valence-electron chi connectivity index (χ4n) is 2.23. The molecule has 0 bridgehead atoms. The average molecular weight is 260 g/mol. The number of carbonyl (C=O) groups excluding carboxylic acids is 3. The fraction of sp³-hybridized carbons (Fsp3) is 0.357. The van der Waals surface area contributed by atoms with Crippen LogP contribution in [0.1, 0.15) is 24.8 Å². The van der Waals surface area contributed by atoms with Crippen molar-refractivity contribution in [3.63, 3.8) is 0 Å². The number of hydrogen-bond acceptors (Lipinski definition) is 3. The molecule has 1 aromatic rings. The minimum absolute atomic E-state index is 0.0199. The van der Waals surface area contributed by atoms with Crippen LogP contribution in [0, 0.1) is 0 Å². The van der Waals surface area contributed by atoms with Crippen molar-refractivity contribution >= 4 is 23.8 Å². The Bertz CT molecular complexity index is 513. The number of nitrogens with zero attached hydrogens (tertiary/aromatic N) is 1. The predicted molar refractivity (Wildman–Crippen MR) is 70.9 cm³/mol. The van der Waals surface area contributed by atoms with Gasteiger partial charge in [0.25, 0.3) is 0 Å². The van der Waals surface area contributed by atoms with Crippen molar-refractivity contribution in [2.45, 2.75) is 19.3 Å². The molecule has 0 spiro atoms. The second kappa shape index (κ2) is 5.65. The molecule has 1 fully saturated rings. The Labute approximate surface area is 111 Å². The summed E-state index contributed by atoms with van der Waals surface area (Å²) in [6.07, 6.45) is 1.26. The predicted octanol–water partition coefficient (Wildman–Crippen LogP) is 0.842. The minimum atomic E-state index is -0.580. The van der Waals surface area contributed by atoms with E-state index in [0.717, 1.165) is 17.5 Å². The summed E-state index contributed by atoms with van der Waals surface area (Å²) in [7, 11) is 0. The lowest BCUT2D eigenvalue weighted by molar-refractivity contribution is -0.138. The van der Waals surface area contributed by atoms with Gasteiger partial charge in [-0.1, -0.05) is 25.1 Å². The van der Waals surface area contributed by atoms with E-state index in [2.05, 4.69) is 5.32 Å². The summed E-state index contributed by atoms with van der Waals surface area (Å²) < 4.78 is 0. The molecule has 19 heavy (non-hydrogen) atoms. The summed E-state index contributed by atoms with van der Waals surface area (Å²) in [4.78, 5) is 35.5. The van der Waals surface area contributed by atoms with Crippen LogP contribution in [0.5, 0.6) is 0 Å². The summed E-state index contributed by atoms with van der Waals surface area (Å²) in [6.45, 7) is 2.83. The van der Waals surface area contributed by atoms with E-state index in [1.807, 2.05) is 31.2 Å². The molecule has 1 unspecified atom stereocenters. The lowest BCUT2D eigenvalue weighted by Crippen LogP contribution is -2.52. The third-order valence-corrected chi connectivity index (χ3v) is 3.27. The normalized spacial score (nSPS) is 17.0. The quantitative estimate of drug-likeness (QED) is 0.644. The van der Waals surface area contributed by atoms with Crippen molar-refractivity contribution in [1.29, 1.82) is 0 Å². The van der Waals surface area contributed by atoms with Gasteiger partial charge in [0.15, 0.2) is 0 Å². The first-order valence-corrected chi connectivity index (χ1v) is 6.27. The van der Waals surface area contributed by atoms with E-state index >= 15 is 0 Å². The summed E-state index contributed by atoms with van der Waals surface area (Å²) >= 11 is 0. The summed E-state index contributed by atoms with van der Waals surface area (Å²) in [5.41, 5.74) is 1.63. The van der Waals surface area contributed by atoms with Crippen molar-refractivity contribution in [3.05, 3.63) is 29.8 Å². The molecule has 1 aliphatic rings. The van der Waals surface area contributed by atoms with Crippen LogP contribution in [0.25, 0.3) is 0 Å². The minimum Gasteiger partial charge on any atom is -0.346 e. The van der Waals surface area contributed by atoms with Crippen LogP contribution in [-0.4, -0.2) is 31.2 Å². The van der Waals surface area contributed by atoms with Crippen LogP contribution in [0.2, 0.25) is 0 Å². The van der Waals surface area contributed by atoms with Gasteiger partial charge < -0.3 is 15.0 Å². The molecule has 1 N–H and O–H groups in total. The van der Waals surface area contributed by atoms with Crippen LogP contribution in [0.3, 0.4) is 0 Å². The van der Waals surface area contributed by atoms with Crippen LogP contribution in [-0.2, 0) is 14.4 Å². The van der Waals surface area contributed by atoms with E-state index in [0.29, 0.717) is 19.5 Å². The lowest BCUT2D eigenvalue weighted by Gasteiger charge is -2.29. The maximum absolute atomic E-state index is 11.9. The zero-order valence-electron chi connectivity index (χ0n) is 10.8. The Hall–Kier alpha value is -2.17. The Morgan fingerprint density at radius 3 is 2.84 bits per heavy atom. The number of anilines is 1. The molecule has 2 rings (SSSR count). The Balaban J connectivity index is 2.36. The van der Waals surface area contributed by atoms with Gasteiger partial charge in [0, 0.05) is 25.2 Å². The van der Waals surface area contributed by atoms with Crippen LogP contribution >= 0.6 is 0 Å². The highest BCUT2D eigenvalue weighted by Crippen LogP contribution is 2.29. The molecule has 1 heterocycles. The first kappa shape index (κ1) is 13.3. The zero-order valence-corrected chi connectivity index (χ0v) is 10.8. The van der Waals surface area contributed by atoms with E-state index in [9.17, 15) is 14.4 Å². The standard InChI is InChI=1S/C14H16N2O3/c1-10(6-9-17)11-4-2-3-5-12(11)16-8-7-15-13(18)14(16)19/h2-5,9-10H,6-8H2,1H3,(H,15,18). The molecule has 5 heteroatoms. The number of hydrogen-bond donors (Lipinski definition) is 1. The molecule has 1 saturated heterocycles. The molecular weight excluding hydrogens is 244 g/mol. The van der Waals surface area contributed by atoms with Crippen molar-refractivity contribution in [3.8, 4) is 0 Å². The first-order valence-electron chi connectivity index (χ1n) is 6.27.